The standard InChI is InChI=1S/C6H6O2.C4H2O3/c1-4-2-5(7)3-6(4)8;5-3-1-2-4(6)7-3/h2H,3H2,1H3;1-2H. The summed E-state index contributed by atoms with van der Waals surface area (Å²) in [7, 11) is 0. The first kappa shape index (κ1) is 11.0. The van der Waals surface area contributed by atoms with Crippen LogP contribution in [0, 0.1) is 0 Å². The number of carbonyl (C=O) groups is 4. The van der Waals surface area contributed by atoms with Gasteiger partial charge in [0, 0.05) is 12.2 Å². The summed E-state index contributed by atoms with van der Waals surface area (Å²) in [6.07, 6.45) is 3.65. The lowest BCUT2D eigenvalue weighted by Gasteiger charge is -1.80. The molecular weight excluding hydrogens is 200 g/mol. The zero-order valence-corrected chi connectivity index (χ0v) is 7.98. The van der Waals surface area contributed by atoms with E-state index in [0.29, 0.717) is 5.57 Å². The number of ketones is 2. The monoisotopic (exact) mass is 208 g/mol. The fraction of sp³-hybridized carbons (Fsp3) is 0.200. The van der Waals surface area contributed by atoms with Crippen molar-refractivity contribution in [3.63, 3.8) is 0 Å². The number of ether oxygens (including phenoxy) is 1. The first-order valence-electron chi connectivity index (χ1n) is 4.17. The third-order valence-corrected chi connectivity index (χ3v) is 1.71. The maximum absolute atomic E-state index is 10.5. The summed E-state index contributed by atoms with van der Waals surface area (Å²) in [4.78, 5) is 40.7. The van der Waals surface area contributed by atoms with E-state index in [0.717, 1.165) is 12.2 Å². The minimum Gasteiger partial charge on any atom is -0.387 e. The van der Waals surface area contributed by atoms with E-state index in [1.54, 1.807) is 6.92 Å². The summed E-state index contributed by atoms with van der Waals surface area (Å²) >= 11 is 0. The van der Waals surface area contributed by atoms with E-state index in [4.69, 9.17) is 0 Å². The largest absolute Gasteiger partial charge is 0.387 e. The van der Waals surface area contributed by atoms with E-state index < -0.39 is 11.9 Å². The number of hydrogen-bond donors (Lipinski definition) is 0. The Morgan fingerprint density at radius 1 is 1.07 bits per heavy atom. The third kappa shape index (κ3) is 3.30. The Kier molecular flexibility index (Phi) is 3.28. The van der Waals surface area contributed by atoms with Gasteiger partial charge < -0.3 is 4.74 Å². The van der Waals surface area contributed by atoms with Crippen LogP contribution in [-0.2, 0) is 23.9 Å². The SMILES string of the molecule is CC1=CC(=O)CC1=O.O=C1C=CC(=O)O1. The van der Waals surface area contributed by atoms with Crippen molar-refractivity contribution >= 4 is 23.5 Å². The smallest absolute Gasteiger partial charge is 0.338 e. The van der Waals surface area contributed by atoms with Gasteiger partial charge in [0.15, 0.2) is 11.6 Å². The van der Waals surface area contributed by atoms with Crippen LogP contribution in [0.25, 0.3) is 0 Å². The third-order valence-electron chi connectivity index (χ3n) is 1.71. The molecule has 15 heavy (non-hydrogen) atoms. The Balaban J connectivity index is 0.000000151. The Hall–Kier alpha value is -2.04. The van der Waals surface area contributed by atoms with Crippen LogP contribution >= 0.6 is 0 Å². The van der Waals surface area contributed by atoms with Gasteiger partial charge in [0.25, 0.3) is 0 Å². The fourth-order valence-electron chi connectivity index (χ4n) is 0.974. The van der Waals surface area contributed by atoms with E-state index in [9.17, 15) is 19.2 Å². The molecule has 0 bridgehead atoms. The van der Waals surface area contributed by atoms with Crippen molar-refractivity contribution in [2.75, 3.05) is 0 Å². The van der Waals surface area contributed by atoms with Gasteiger partial charge >= 0.3 is 11.9 Å². The second-order valence-corrected chi connectivity index (χ2v) is 2.97. The number of esters is 2. The molecule has 5 heteroatoms. The summed E-state index contributed by atoms with van der Waals surface area (Å²) in [5.41, 5.74) is 0.593. The Labute approximate surface area is 85.4 Å². The molecule has 1 aliphatic carbocycles. The highest BCUT2D eigenvalue weighted by Crippen LogP contribution is 2.08. The van der Waals surface area contributed by atoms with Gasteiger partial charge in [0.2, 0.25) is 0 Å². The van der Waals surface area contributed by atoms with Crippen molar-refractivity contribution in [3.8, 4) is 0 Å². The zero-order valence-electron chi connectivity index (χ0n) is 7.98. The fourth-order valence-corrected chi connectivity index (χ4v) is 0.974. The van der Waals surface area contributed by atoms with Crippen LogP contribution in [0.1, 0.15) is 13.3 Å². The molecule has 2 aliphatic rings. The maximum atomic E-state index is 10.5. The molecule has 0 spiro atoms. The molecule has 0 atom stereocenters. The molecule has 0 saturated heterocycles. The minimum atomic E-state index is -0.579. The average molecular weight is 208 g/mol. The van der Waals surface area contributed by atoms with Gasteiger partial charge in [0.05, 0.1) is 6.42 Å². The predicted octanol–water partition coefficient (Wildman–Crippen LogP) is 0.101. The highest BCUT2D eigenvalue weighted by Gasteiger charge is 2.16. The Morgan fingerprint density at radius 2 is 1.60 bits per heavy atom. The summed E-state index contributed by atoms with van der Waals surface area (Å²) in [5.74, 6) is -1.25. The molecule has 1 heterocycles. The van der Waals surface area contributed by atoms with Gasteiger partial charge in [0.1, 0.15) is 0 Å². The molecule has 0 radical (unpaired) electrons. The van der Waals surface area contributed by atoms with E-state index >= 15 is 0 Å². The van der Waals surface area contributed by atoms with Gasteiger partial charge in [-0.2, -0.15) is 0 Å². The zero-order chi connectivity index (χ0) is 11.4. The normalized spacial score (nSPS) is 18.6. The number of carbonyl (C=O) groups excluding carboxylic acids is 4. The summed E-state index contributed by atoms with van der Waals surface area (Å²) in [5, 5.41) is 0. The average Bonchev–Trinajstić information content (AvgIpc) is 2.61. The van der Waals surface area contributed by atoms with Gasteiger partial charge in [-0.3, -0.25) is 9.59 Å². The molecule has 0 fully saturated rings. The van der Waals surface area contributed by atoms with Gasteiger partial charge in [-0.25, -0.2) is 9.59 Å². The van der Waals surface area contributed by atoms with E-state index in [1.807, 2.05) is 0 Å². The lowest BCUT2D eigenvalue weighted by Crippen LogP contribution is -1.96. The van der Waals surface area contributed by atoms with Crippen LogP contribution in [-0.4, -0.2) is 23.5 Å². The molecule has 0 unspecified atom stereocenters. The number of hydrogen-bond acceptors (Lipinski definition) is 5. The van der Waals surface area contributed by atoms with E-state index in [-0.39, 0.29) is 18.0 Å². The number of rotatable bonds is 0. The summed E-state index contributed by atoms with van der Waals surface area (Å²) in [6.45, 7) is 1.66. The number of allylic oxidation sites excluding steroid dienone is 2. The van der Waals surface area contributed by atoms with Gasteiger partial charge in [-0.1, -0.05) is 0 Å². The molecule has 5 nitrogen and oxygen atoms in total. The van der Waals surface area contributed by atoms with E-state index in [2.05, 4.69) is 4.74 Å². The first-order valence-corrected chi connectivity index (χ1v) is 4.17. The van der Waals surface area contributed by atoms with Crippen molar-refractivity contribution < 1.29 is 23.9 Å². The molecule has 0 aromatic rings. The minimum absolute atomic E-state index is 0.0324. The van der Waals surface area contributed by atoms with E-state index in [1.165, 1.54) is 6.08 Å². The maximum Gasteiger partial charge on any atom is 0.338 e. The Bertz CT molecular complexity index is 384. The predicted molar refractivity (Wildman–Crippen MR) is 48.6 cm³/mol. The highest BCUT2D eigenvalue weighted by molar-refractivity contribution is 6.18. The van der Waals surface area contributed by atoms with Crippen LogP contribution in [0.5, 0.6) is 0 Å². The van der Waals surface area contributed by atoms with Crippen LogP contribution in [0.3, 0.4) is 0 Å². The number of cyclic esters (lactones) is 2. The molecule has 2 rings (SSSR count). The number of Topliss-reactive ketones (excluding diaryl/α,β-unsaturated/α-hetero) is 1. The van der Waals surface area contributed by atoms with Crippen LogP contribution < -0.4 is 0 Å². The van der Waals surface area contributed by atoms with Crippen molar-refractivity contribution in [3.05, 3.63) is 23.8 Å². The molecule has 1 aliphatic heterocycles. The van der Waals surface area contributed by atoms with Crippen LogP contribution in [0.15, 0.2) is 23.8 Å². The second-order valence-electron chi connectivity index (χ2n) is 2.97. The second kappa shape index (κ2) is 4.45. The lowest BCUT2D eigenvalue weighted by atomic mass is 10.2. The van der Waals surface area contributed by atoms with Gasteiger partial charge in [-0.15, -0.1) is 0 Å². The lowest BCUT2D eigenvalue weighted by molar-refractivity contribution is -0.150. The molecule has 0 amide bonds. The first-order chi connectivity index (χ1) is 6.99. The van der Waals surface area contributed by atoms with Crippen LogP contribution in [0.2, 0.25) is 0 Å². The van der Waals surface area contributed by atoms with Crippen molar-refractivity contribution in [2.24, 2.45) is 0 Å². The van der Waals surface area contributed by atoms with Crippen molar-refractivity contribution in [1.29, 1.82) is 0 Å². The molecule has 0 saturated carbocycles. The Morgan fingerprint density at radius 3 is 1.73 bits per heavy atom. The van der Waals surface area contributed by atoms with Crippen LogP contribution in [0.4, 0.5) is 0 Å². The topological polar surface area (TPSA) is 77.5 Å². The highest BCUT2D eigenvalue weighted by atomic mass is 16.6. The van der Waals surface area contributed by atoms with Crippen molar-refractivity contribution in [2.45, 2.75) is 13.3 Å². The molecule has 0 aromatic heterocycles. The molecule has 78 valence electrons. The molecule has 0 N–H and O–H groups in total. The summed E-state index contributed by atoms with van der Waals surface area (Å²) < 4.78 is 3.97. The summed E-state index contributed by atoms with van der Waals surface area (Å²) in [6, 6.07) is 0. The molecular formula is C10H8O5. The van der Waals surface area contributed by atoms with Crippen molar-refractivity contribution in [1.82, 2.24) is 0 Å². The quantitative estimate of drug-likeness (QED) is 0.416. The molecule has 0 aromatic carbocycles. The van der Waals surface area contributed by atoms with Gasteiger partial charge in [-0.05, 0) is 18.6 Å².